The van der Waals surface area contributed by atoms with Crippen LogP contribution in [-0.4, -0.2) is 31.1 Å². The Bertz CT molecular complexity index is 501. The summed E-state index contributed by atoms with van der Waals surface area (Å²) in [7, 11) is 0. The van der Waals surface area contributed by atoms with E-state index in [1.807, 2.05) is 6.92 Å². The van der Waals surface area contributed by atoms with Gasteiger partial charge in [0.25, 0.3) is 0 Å². The molecule has 23 heavy (non-hydrogen) atoms. The van der Waals surface area contributed by atoms with E-state index < -0.39 is 0 Å². The van der Waals surface area contributed by atoms with Crippen LogP contribution in [0.15, 0.2) is 12.1 Å². The van der Waals surface area contributed by atoms with Gasteiger partial charge in [-0.05, 0) is 37.3 Å². The zero-order valence-corrected chi connectivity index (χ0v) is 15.9. The van der Waals surface area contributed by atoms with Crippen LogP contribution in [0.4, 0.5) is 4.39 Å². The summed E-state index contributed by atoms with van der Waals surface area (Å²) in [6.45, 7) is 5.88. The van der Waals surface area contributed by atoms with Gasteiger partial charge in [0.15, 0.2) is 0 Å². The molecule has 2 aliphatic rings. The van der Waals surface area contributed by atoms with Crippen LogP contribution in [0.2, 0.25) is 5.02 Å². The second kappa shape index (κ2) is 9.43. The van der Waals surface area contributed by atoms with Crippen molar-refractivity contribution in [2.24, 2.45) is 5.92 Å². The molecule has 1 saturated carbocycles. The second-order valence-corrected chi connectivity index (χ2v) is 6.75. The number of hydrogen-bond donors (Lipinski definition) is 1. The van der Waals surface area contributed by atoms with Crippen LogP contribution in [0.1, 0.15) is 42.9 Å². The van der Waals surface area contributed by atoms with Gasteiger partial charge in [0.1, 0.15) is 5.82 Å². The highest BCUT2D eigenvalue weighted by molar-refractivity contribution is 6.32. The van der Waals surface area contributed by atoms with Crippen molar-refractivity contribution in [3.05, 3.63) is 34.1 Å². The second-order valence-electron chi connectivity index (χ2n) is 6.37. The van der Waals surface area contributed by atoms with E-state index in [2.05, 4.69) is 10.2 Å². The fraction of sp³-hybridized carbons (Fsp3) is 0.647. The van der Waals surface area contributed by atoms with E-state index in [4.69, 9.17) is 11.6 Å². The first kappa shape index (κ1) is 21.0. The van der Waals surface area contributed by atoms with E-state index in [9.17, 15) is 4.39 Å². The zero-order chi connectivity index (χ0) is 14.8. The third-order valence-electron chi connectivity index (χ3n) is 5.01. The normalized spacial score (nSPS) is 20.7. The maximum absolute atomic E-state index is 14.6. The van der Waals surface area contributed by atoms with Crippen LogP contribution < -0.4 is 5.32 Å². The minimum absolute atomic E-state index is 0. The molecule has 3 rings (SSSR count). The Balaban J connectivity index is 0.00000132. The highest BCUT2D eigenvalue weighted by atomic mass is 35.5. The molecule has 2 fully saturated rings. The van der Waals surface area contributed by atoms with E-state index in [1.54, 1.807) is 12.1 Å². The molecule has 1 aromatic rings. The first-order valence-electron chi connectivity index (χ1n) is 8.07. The standard InChI is InChI=1S/C17H24ClFN2.2ClH/c1-12-6-7-14(19)15(16(12)18)17(13-4-2-3-5-13)21-10-8-20-9-11-21;;/h6-7,13,17,20H,2-5,8-11H2,1H3;2*1H/t17-;;/m1../s1. The molecule has 0 aromatic heterocycles. The topological polar surface area (TPSA) is 15.3 Å². The Labute approximate surface area is 156 Å². The van der Waals surface area contributed by atoms with Gasteiger partial charge in [0.05, 0.1) is 5.02 Å². The smallest absolute Gasteiger partial charge is 0.129 e. The molecule has 1 aliphatic carbocycles. The average molecular weight is 384 g/mol. The first-order chi connectivity index (χ1) is 10.2. The lowest BCUT2D eigenvalue weighted by molar-refractivity contribution is 0.122. The molecule has 1 heterocycles. The van der Waals surface area contributed by atoms with Crippen LogP contribution in [0.3, 0.4) is 0 Å². The van der Waals surface area contributed by atoms with Crippen molar-refractivity contribution in [3.8, 4) is 0 Å². The Hall–Kier alpha value is -0.0600. The Morgan fingerprint density at radius 3 is 2.39 bits per heavy atom. The summed E-state index contributed by atoms with van der Waals surface area (Å²) in [5.41, 5.74) is 1.72. The third kappa shape index (κ3) is 4.52. The largest absolute Gasteiger partial charge is 0.314 e. The van der Waals surface area contributed by atoms with Crippen LogP contribution in [0.5, 0.6) is 0 Å². The summed E-state index contributed by atoms with van der Waals surface area (Å²) in [4.78, 5) is 2.44. The van der Waals surface area contributed by atoms with E-state index in [1.165, 1.54) is 25.7 Å². The number of rotatable bonds is 3. The fourth-order valence-electron chi connectivity index (χ4n) is 3.90. The fourth-order valence-corrected chi connectivity index (χ4v) is 4.16. The van der Waals surface area contributed by atoms with Crippen LogP contribution in [0, 0.1) is 18.7 Å². The van der Waals surface area contributed by atoms with Gasteiger partial charge in [-0.1, -0.05) is 30.5 Å². The molecular weight excluding hydrogens is 358 g/mol. The lowest BCUT2D eigenvalue weighted by Crippen LogP contribution is -2.47. The summed E-state index contributed by atoms with van der Waals surface area (Å²) in [6.07, 6.45) is 4.91. The average Bonchev–Trinajstić information content (AvgIpc) is 3.02. The molecule has 0 bridgehead atoms. The van der Waals surface area contributed by atoms with E-state index in [0.717, 1.165) is 37.3 Å². The van der Waals surface area contributed by atoms with Crippen molar-refractivity contribution in [3.63, 3.8) is 0 Å². The van der Waals surface area contributed by atoms with Crippen molar-refractivity contribution in [1.82, 2.24) is 10.2 Å². The molecule has 0 unspecified atom stereocenters. The number of aryl methyl sites for hydroxylation is 1. The molecule has 0 amide bonds. The Kier molecular flexibility index (Phi) is 8.60. The van der Waals surface area contributed by atoms with Gasteiger partial charge in [-0.3, -0.25) is 4.90 Å². The maximum Gasteiger partial charge on any atom is 0.129 e. The van der Waals surface area contributed by atoms with Crippen molar-refractivity contribution in [2.45, 2.75) is 38.6 Å². The van der Waals surface area contributed by atoms with Gasteiger partial charge in [-0.25, -0.2) is 4.39 Å². The summed E-state index contributed by atoms with van der Waals surface area (Å²) >= 11 is 6.51. The number of nitrogens with zero attached hydrogens (tertiary/aromatic N) is 1. The SMILES string of the molecule is Cc1ccc(F)c([C@@H](C2CCCC2)N2CCNCC2)c1Cl.Cl.Cl. The Morgan fingerprint density at radius 1 is 1.17 bits per heavy atom. The van der Waals surface area contributed by atoms with Crippen molar-refractivity contribution in [1.29, 1.82) is 0 Å². The molecular formula is C17H26Cl3FN2. The molecule has 1 N–H and O–H groups in total. The molecule has 6 heteroatoms. The van der Waals surface area contributed by atoms with Gasteiger partial charge >= 0.3 is 0 Å². The van der Waals surface area contributed by atoms with Crippen molar-refractivity contribution >= 4 is 36.4 Å². The summed E-state index contributed by atoms with van der Waals surface area (Å²) in [6, 6.07) is 3.51. The van der Waals surface area contributed by atoms with Crippen LogP contribution in [0.25, 0.3) is 0 Å². The van der Waals surface area contributed by atoms with E-state index in [-0.39, 0.29) is 36.7 Å². The van der Waals surface area contributed by atoms with Gasteiger partial charge in [0, 0.05) is 37.8 Å². The predicted molar refractivity (Wildman–Crippen MR) is 99.8 cm³/mol. The number of nitrogens with one attached hydrogen (secondary N) is 1. The lowest BCUT2D eigenvalue weighted by Gasteiger charge is -2.39. The minimum atomic E-state index is -0.138. The summed E-state index contributed by atoms with van der Waals surface area (Å²) < 4.78 is 14.6. The zero-order valence-electron chi connectivity index (χ0n) is 13.5. The third-order valence-corrected chi connectivity index (χ3v) is 5.51. The van der Waals surface area contributed by atoms with Crippen molar-refractivity contribution < 1.29 is 4.39 Å². The van der Waals surface area contributed by atoms with Gasteiger partial charge in [-0.15, -0.1) is 24.8 Å². The Morgan fingerprint density at radius 2 is 1.78 bits per heavy atom. The van der Waals surface area contributed by atoms with E-state index in [0.29, 0.717) is 10.9 Å². The minimum Gasteiger partial charge on any atom is -0.314 e. The maximum atomic E-state index is 14.6. The van der Waals surface area contributed by atoms with E-state index >= 15 is 0 Å². The van der Waals surface area contributed by atoms with Crippen LogP contribution in [-0.2, 0) is 0 Å². The highest BCUT2D eigenvalue weighted by Gasteiger charge is 2.35. The molecule has 1 atom stereocenters. The summed E-state index contributed by atoms with van der Waals surface area (Å²) in [5.74, 6) is 0.401. The lowest BCUT2D eigenvalue weighted by atomic mass is 9.88. The number of benzene rings is 1. The monoisotopic (exact) mass is 382 g/mol. The number of hydrogen-bond acceptors (Lipinski definition) is 2. The number of piperazine rings is 1. The number of halogens is 4. The van der Waals surface area contributed by atoms with Gasteiger partial charge in [0.2, 0.25) is 0 Å². The molecule has 2 nitrogen and oxygen atoms in total. The highest BCUT2D eigenvalue weighted by Crippen LogP contribution is 2.43. The quantitative estimate of drug-likeness (QED) is 0.809. The molecule has 1 aliphatic heterocycles. The molecule has 1 aromatic carbocycles. The molecule has 1 saturated heterocycles. The van der Waals surface area contributed by atoms with Gasteiger partial charge < -0.3 is 5.32 Å². The van der Waals surface area contributed by atoms with Gasteiger partial charge in [-0.2, -0.15) is 0 Å². The summed E-state index contributed by atoms with van der Waals surface area (Å²) in [5, 5.41) is 4.01. The van der Waals surface area contributed by atoms with Crippen LogP contribution >= 0.6 is 36.4 Å². The van der Waals surface area contributed by atoms with Crippen molar-refractivity contribution in [2.75, 3.05) is 26.2 Å². The molecule has 132 valence electrons. The first-order valence-corrected chi connectivity index (χ1v) is 8.45. The molecule has 0 radical (unpaired) electrons. The predicted octanol–water partition coefficient (Wildman–Crippen LogP) is 4.77. The molecule has 0 spiro atoms.